The normalized spacial score (nSPS) is 14.0. The number of hydrogen-bond acceptors (Lipinski definition) is 3. The molecular formula is C24H29N2O2S2+. The van der Waals surface area contributed by atoms with Gasteiger partial charge in [0.25, 0.3) is 0 Å². The Labute approximate surface area is 183 Å². The van der Waals surface area contributed by atoms with Gasteiger partial charge in [-0.1, -0.05) is 37.6 Å². The van der Waals surface area contributed by atoms with Crippen LogP contribution in [0.3, 0.4) is 0 Å². The quantitative estimate of drug-likeness (QED) is 0.238. The third-order valence-electron chi connectivity index (χ3n) is 5.76. The Balaban J connectivity index is 1.87. The predicted octanol–water partition coefficient (Wildman–Crippen LogP) is 5.36. The summed E-state index contributed by atoms with van der Waals surface area (Å²) in [5.41, 5.74) is 4.36. The second kappa shape index (κ2) is 8.92. The third-order valence-corrected chi connectivity index (χ3v) is 8.15. The lowest BCUT2D eigenvalue weighted by Gasteiger charge is -2.15. The Hall–Kier alpha value is -2.15. The average molecular weight is 442 g/mol. The molecule has 2 aromatic heterocycles. The molecule has 0 amide bonds. The summed E-state index contributed by atoms with van der Waals surface area (Å²) < 4.78 is 15.4. The lowest BCUT2D eigenvalue weighted by atomic mass is 10.1. The van der Waals surface area contributed by atoms with Crippen LogP contribution in [-0.4, -0.2) is 24.8 Å². The molecule has 1 N–H and O–H groups in total. The number of aromatic nitrogens is 2. The summed E-state index contributed by atoms with van der Waals surface area (Å²) >= 11 is 1.73. The van der Waals surface area contributed by atoms with Crippen molar-refractivity contribution >= 4 is 48.6 Å². The fourth-order valence-corrected chi connectivity index (χ4v) is 6.34. The zero-order valence-electron chi connectivity index (χ0n) is 17.7. The average Bonchev–Trinajstić information content (AvgIpc) is 3.28. The van der Waals surface area contributed by atoms with Crippen molar-refractivity contribution in [1.82, 2.24) is 9.13 Å². The highest BCUT2D eigenvalue weighted by Gasteiger charge is 2.23. The highest BCUT2D eigenvalue weighted by Crippen LogP contribution is 2.30. The number of thiol groups is 1. The van der Waals surface area contributed by atoms with Gasteiger partial charge in [0, 0.05) is 10.1 Å². The number of hydrogen-bond donors (Lipinski definition) is 1. The van der Waals surface area contributed by atoms with Crippen LogP contribution in [-0.2, 0) is 17.3 Å². The lowest BCUT2D eigenvalue weighted by Crippen LogP contribution is -2.30. The molecule has 0 aliphatic rings. The number of thiophene rings is 1. The maximum atomic E-state index is 13.7. The Morgan fingerprint density at radius 3 is 2.67 bits per heavy atom. The summed E-state index contributed by atoms with van der Waals surface area (Å²) in [6, 6.07) is 14.4. The minimum absolute atomic E-state index is 0.00177. The number of imidazole rings is 1. The first-order chi connectivity index (χ1) is 14.5. The number of rotatable bonds is 7. The molecule has 2 atom stereocenters. The van der Waals surface area contributed by atoms with E-state index in [0.717, 1.165) is 23.9 Å². The summed E-state index contributed by atoms with van der Waals surface area (Å²) in [4.78, 5) is 13.7. The van der Waals surface area contributed by atoms with E-state index in [1.165, 1.54) is 21.2 Å². The fourth-order valence-electron chi connectivity index (χ4n) is 4.33. The highest BCUT2D eigenvalue weighted by molar-refractivity contribution is 7.89. The fraction of sp³-hybridized carbons (Fsp3) is 0.333. The second-order valence-electron chi connectivity index (χ2n) is 7.76. The van der Waals surface area contributed by atoms with E-state index in [-0.39, 0.29) is 11.7 Å². The van der Waals surface area contributed by atoms with Gasteiger partial charge in [0.15, 0.2) is 0 Å². The van der Waals surface area contributed by atoms with Crippen molar-refractivity contribution in [2.75, 3.05) is 5.75 Å². The topological polar surface area (TPSA) is 47.2 Å². The van der Waals surface area contributed by atoms with E-state index in [0.29, 0.717) is 12.3 Å². The van der Waals surface area contributed by atoms with Crippen molar-refractivity contribution in [2.45, 2.75) is 46.2 Å². The molecular weight excluding hydrogens is 412 g/mol. The van der Waals surface area contributed by atoms with Crippen LogP contribution >= 0.6 is 11.3 Å². The molecule has 2 aromatic carbocycles. The first kappa shape index (κ1) is 21.1. The van der Waals surface area contributed by atoms with Crippen LogP contribution in [0.1, 0.15) is 43.9 Å². The van der Waals surface area contributed by atoms with Gasteiger partial charge in [-0.05, 0) is 65.7 Å². The number of benzene rings is 2. The first-order valence-electron chi connectivity index (χ1n) is 10.5. The number of para-hydroxylation sites is 2. The van der Waals surface area contributed by atoms with Gasteiger partial charge in [-0.15, -0.1) is 11.3 Å². The summed E-state index contributed by atoms with van der Waals surface area (Å²) in [6.07, 6.45) is 1.85. The zero-order valence-corrected chi connectivity index (χ0v) is 19.4. The van der Waals surface area contributed by atoms with Gasteiger partial charge in [0.05, 0.1) is 29.0 Å². The van der Waals surface area contributed by atoms with E-state index >= 15 is 0 Å². The largest absolute Gasteiger partial charge is 0.329 e. The van der Waals surface area contributed by atoms with Crippen LogP contribution in [0.4, 0.5) is 0 Å². The number of aryl methyl sites for hydroxylation is 1. The summed E-state index contributed by atoms with van der Waals surface area (Å²) in [7, 11) is -1.17. The van der Waals surface area contributed by atoms with Gasteiger partial charge < -0.3 is 0 Å². The van der Waals surface area contributed by atoms with E-state index in [1.807, 2.05) is 45.7 Å². The van der Waals surface area contributed by atoms with E-state index in [9.17, 15) is 9.35 Å². The number of fused-ring (bicyclic) bond motifs is 2. The molecule has 4 rings (SSSR count). The Morgan fingerprint density at radius 1 is 1.17 bits per heavy atom. The van der Waals surface area contributed by atoms with Crippen LogP contribution in [0.15, 0.2) is 52.6 Å². The van der Waals surface area contributed by atoms with Crippen LogP contribution in [0, 0.1) is 6.92 Å². The highest BCUT2D eigenvalue weighted by atomic mass is 32.2. The molecule has 0 saturated heterocycles. The van der Waals surface area contributed by atoms with Crippen LogP contribution in [0.5, 0.6) is 0 Å². The van der Waals surface area contributed by atoms with Crippen LogP contribution in [0.2, 0.25) is 0 Å². The molecule has 158 valence electrons. The van der Waals surface area contributed by atoms with Crippen molar-refractivity contribution in [3.63, 3.8) is 0 Å². The van der Waals surface area contributed by atoms with E-state index in [1.54, 1.807) is 11.3 Å². The van der Waals surface area contributed by atoms with Crippen molar-refractivity contribution in [1.29, 1.82) is 0 Å². The molecule has 4 aromatic rings. The molecule has 0 saturated carbocycles. The molecule has 0 bridgehead atoms. The minimum Gasteiger partial charge on any atom is -0.287 e. The molecule has 2 unspecified atom stereocenters. The van der Waals surface area contributed by atoms with E-state index in [2.05, 4.69) is 37.4 Å². The standard InChI is InChI=1S/C24H28N2O2S2/c1-4-9-19(16-30(28)5-2)26-21-12-7-6-11-20(21)25(24(26)27)14-18-15-29-22-13-8-10-17(3)23(18)22/h5-8,10-13,15,19,28H,4,9,14,16H2,1-3H3/p+1. The third kappa shape index (κ3) is 3.80. The van der Waals surface area contributed by atoms with Crippen LogP contribution < -0.4 is 5.69 Å². The monoisotopic (exact) mass is 441 g/mol. The summed E-state index contributed by atoms with van der Waals surface area (Å²) in [6.45, 7) is 6.72. The molecule has 0 radical (unpaired) electrons. The van der Waals surface area contributed by atoms with Crippen molar-refractivity contribution in [3.05, 3.63) is 69.5 Å². The summed E-state index contributed by atoms with van der Waals surface area (Å²) in [5, 5.41) is 5.30. The molecule has 0 aliphatic carbocycles. The van der Waals surface area contributed by atoms with Gasteiger partial charge in [-0.25, -0.2) is 9.35 Å². The molecule has 2 heterocycles. The second-order valence-corrected chi connectivity index (χ2v) is 10.4. The molecule has 0 aliphatic heterocycles. The smallest absolute Gasteiger partial charge is 0.287 e. The molecule has 4 nitrogen and oxygen atoms in total. The number of nitrogens with zero attached hydrogens (tertiary/aromatic N) is 2. The Morgan fingerprint density at radius 2 is 1.93 bits per heavy atom. The Kier molecular flexibility index (Phi) is 6.27. The van der Waals surface area contributed by atoms with Gasteiger partial charge >= 0.3 is 5.69 Å². The Bertz CT molecular complexity index is 1280. The predicted molar refractivity (Wildman–Crippen MR) is 134 cm³/mol. The molecule has 0 spiro atoms. The minimum atomic E-state index is -1.17. The van der Waals surface area contributed by atoms with Gasteiger partial charge in [0.2, 0.25) is 0 Å². The SMILES string of the molecule is CC=[SH+](O)CC(CCC)n1c(=O)n(Cc2csc3cccc(C)c23)c2ccccc21. The van der Waals surface area contributed by atoms with Crippen molar-refractivity contribution in [3.8, 4) is 0 Å². The van der Waals surface area contributed by atoms with Crippen molar-refractivity contribution in [2.24, 2.45) is 0 Å². The molecule has 0 fully saturated rings. The first-order valence-corrected chi connectivity index (χ1v) is 12.9. The maximum absolute atomic E-state index is 13.7. The molecule has 6 heteroatoms. The van der Waals surface area contributed by atoms with E-state index in [4.69, 9.17) is 0 Å². The van der Waals surface area contributed by atoms with Gasteiger partial charge in [-0.2, -0.15) is 0 Å². The van der Waals surface area contributed by atoms with Gasteiger partial charge in [0.1, 0.15) is 5.75 Å². The lowest BCUT2D eigenvalue weighted by molar-refractivity contribution is 0.489. The summed E-state index contributed by atoms with van der Waals surface area (Å²) in [5.74, 6) is 0.619. The van der Waals surface area contributed by atoms with Gasteiger partial charge in [-0.3, -0.25) is 9.13 Å². The van der Waals surface area contributed by atoms with E-state index < -0.39 is 10.8 Å². The van der Waals surface area contributed by atoms with Crippen LogP contribution in [0.25, 0.3) is 21.1 Å². The molecule has 30 heavy (non-hydrogen) atoms. The zero-order chi connectivity index (χ0) is 21.3. The van der Waals surface area contributed by atoms with Crippen molar-refractivity contribution < 1.29 is 4.55 Å². The maximum Gasteiger partial charge on any atom is 0.329 e.